The van der Waals surface area contributed by atoms with Crippen molar-refractivity contribution in [2.45, 2.75) is 10.8 Å². The number of hydrogen-bond donors (Lipinski definition) is 3. The lowest BCUT2D eigenvalue weighted by atomic mass is 10.00. The Morgan fingerprint density at radius 2 is 1.79 bits per heavy atom. The van der Waals surface area contributed by atoms with Gasteiger partial charge in [-0.3, -0.25) is 9.59 Å². The van der Waals surface area contributed by atoms with Crippen molar-refractivity contribution in [3.8, 4) is 0 Å². The van der Waals surface area contributed by atoms with E-state index in [-0.39, 0.29) is 5.56 Å². The fourth-order valence-electron chi connectivity index (χ4n) is 1.10. The smallest absolute Gasteiger partial charge is 0.322 e. The Balaban J connectivity index is 3.12. The Hall–Kier alpha value is -1.49. The second kappa shape index (κ2) is 4.15. The van der Waals surface area contributed by atoms with Crippen molar-refractivity contribution in [3.63, 3.8) is 0 Å². The maximum Gasteiger partial charge on any atom is 0.322 e. The zero-order valence-corrected chi connectivity index (χ0v) is 7.94. The topological polar surface area (TPSA) is 74.6 Å². The lowest BCUT2D eigenvalue weighted by Crippen LogP contribution is -2.20. The van der Waals surface area contributed by atoms with E-state index in [0.717, 1.165) is 0 Å². The summed E-state index contributed by atoms with van der Waals surface area (Å²) in [5, 5.41) is 17.4. The first-order valence-electron chi connectivity index (χ1n) is 3.77. The molecule has 4 nitrogen and oxygen atoms in total. The molecule has 5 heteroatoms. The number of benzene rings is 1. The monoisotopic (exact) mass is 212 g/mol. The quantitative estimate of drug-likeness (QED) is 0.520. The maximum atomic E-state index is 10.6. The molecule has 14 heavy (non-hydrogen) atoms. The molecule has 0 saturated heterocycles. The van der Waals surface area contributed by atoms with Crippen molar-refractivity contribution in [2.24, 2.45) is 0 Å². The summed E-state index contributed by atoms with van der Waals surface area (Å²) < 4.78 is 0. The van der Waals surface area contributed by atoms with E-state index >= 15 is 0 Å². The van der Waals surface area contributed by atoms with Gasteiger partial charge in [0.2, 0.25) is 0 Å². The van der Waals surface area contributed by atoms with Gasteiger partial charge in [-0.1, -0.05) is 12.1 Å². The van der Waals surface area contributed by atoms with E-state index < -0.39 is 17.9 Å². The molecule has 0 fully saturated rings. The molecule has 0 saturated carbocycles. The van der Waals surface area contributed by atoms with Crippen LogP contribution in [-0.2, 0) is 9.59 Å². The van der Waals surface area contributed by atoms with E-state index in [1.807, 2.05) is 0 Å². The second-order valence-electron chi connectivity index (χ2n) is 2.70. The van der Waals surface area contributed by atoms with Gasteiger partial charge in [0.25, 0.3) is 0 Å². The molecule has 1 aromatic rings. The fourth-order valence-corrected chi connectivity index (χ4v) is 1.33. The van der Waals surface area contributed by atoms with E-state index in [4.69, 9.17) is 10.2 Å². The van der Waals surface area contributed by atoms with Gasteiger partial charge in [-0.2, -0.15) is 0 Å². The number of rotatable bonds is 3. The highest BCUT2D eigenvalue weighted by Crippen LogP contribution is 2.19. The minimum Gasteiger partial charge on any atom is -0.480 e. The standard InChI is InChI=1S/C9H8O4S/c10-8(11)7(9(12)13)5-2-1-3-6(14)4-5/h1-4,7,14H,(H,10,11)(H,12,13). The van der Waals surface area contributed by atoms with E-state index in [1.165, 1.54) is 12.1 Å². The molecule has 0 aliphatic rings. The summed E-state index contributed by atoms with van der Waals surface area (Å²) in [7, 11) is 0. The summed E-state index contributed by atoms with van der Waals surface area (Å²) in [5.41, 5.74) is 0.220. The van der Waals surface area contributed by atoms with Crippen LogP contribution in [0.4, 0.5) is 0 Å². The number of carboxylic acid groups (broad SMARTS) is 2. The summed E-state index contributed by atoms with van der Waals surface area (Å²) in [6.45, 7) is 0. The first kappa shape index (κ1) is 10.6. The van der Waals surface area contributed by atoms with Crippen molar-refractivity contribution in [3.05, 3.63) is 29.8 Å². The summed E-state index contributed by atoms with van der Waals surface area (Å²) >= 11 is 4.00. The maximum absolute atomic E-state index is 10.6. The highest BCUT2D eigenvalue weighted by molar-refractivity contribution is 7.80. The molecular weight excluding hydrogens is 204 g/mol. The van der Waals surface area contributed by atoms with Crippen molar-refractivity contribution < 1.29 is 19.8 Å². The molecule has 0 unspecified atom stereocenters. The highest BCUT2D eigenvalue weighted by Gasteiger charge is 2.27. The first-order chi connectivity index (χ1) is 6.52. The average molecular weight is 212 g/mol. The molecule has 0 aliphatic heterocycles. The third-order valence-corrected chi connectivity index (χ3v) is 1.98. The molecule has 0 spiro atoms. The van der Waals surface area contributed by atoms with E-state index in [9.17, 15) is 9.59 Å². The number of carboxylic acids is 2. The summed E-state index contributed by atoms with van der Waals surface area (Å²) in [6.07, 6.45) is 0. The zero-order valence-electron chi connectivity index (χ0n) is 7.04. The lowest BCUT2D eigenvalue weighted by molar-refractivity contribution is -0.150. The lowest BCUT2D eigenvalue weighted by Gasteiger charge is -2.07. The summed E-state index contributed by atoms with van der Waals surface area (Å²) in [4.78, 5) is 21.8. The molecule has 0 aliphatic carbocycles. The Morgan fingerprint density at radius 3 is 2.21 bits per heavy atom. The van der Waals surface area contributed by atoms with Crippen molar-refractivity contribution in [2.75, 3.05) is 0 Å². The van der Waals surface area contributed by atoms with E-state index in [0.29, 0.717) is 4.90 Å². The normalized spacial score (nSPS) is 10.1. The van der Waals surface area contributed by atoms with Gasteiger partial charge in [-0.15, -0.1) is 12.6 Å². The van der Waals surface area contributed by atoms with E-state index in [1.54, 1.807) is 12.1 Å². The zero-order chi connectivity index (χ0) is 10.7. The van der Waals surface area contributed by atoms with Gasteiger partial charge >= 0.3 is 11.9 Å². The first-order valence-corrected chi connectivity index (χ1v) is 4.21. The number of carbonyl (C=O) groups is 2. The third-order valence-electron chi connectivity index (χ3n) is 1.70. The molecule has 0 atom stereocenters. The Bertz CT molecular complexity index is 361. The predicted octanol–water partition coefficient (Wildman–Crippen LogP) is 1.23. The number of hydrogen-bond acceptors (Lipinski definition) is 3. The Morgan fingerprint density at radius 1 is 1.21 bits per heavy atom. The highest BCUT2D eigenvalue weighted by atomic mass is 32.1. The number of thiol groups is 1. The molecule has 2 N–H and O–H groups in total. The van der Waals surface area contributed by atoms with Crippen LogP contribution >= 0.6 is 12.6 Å². The third kappa shape index (κ3) is 2.26. The van der Waals surface area contributed by atoms with Gasteiger partial charge < -0.3 is 10.2 Å². The molecule has 0 radical (unpaired) electrons. The van der Waals surface area contributed by atoms with Gasteiger partial charge in [0.15, 0.2) is 5.92 Å². The van der Waals surface area contributed by atoms with Gasteiger partial charge in [-0.25, -0.2) is 0 Å². The van der Waals surface area contributed by atoms with Crippen LogP contribution in [0.5, 0.6) is 0 Å². The van der Waals surface area contributed by atoms with Crippen LogP contribution in [-0.4, -0.2) is 22.2 Å². The van der Waals surface area contributed by atoms with Gasteiger partial charge in [-0.05, 0) is 17.7 Å². The molecule has 0 aromatic heterocycles. The largest absolute Gasteiger partial charge is 0.480 e. The van der Waals surface area contributed by atoms with Crippen molar-refractivity contribution in [1.29, 1.82) is 0 Å². The van der Waals surface area contributed by atoms with Gasteiger partial charge in [0.1, 0.15) is 0 Å². The van der Waals surface area contributed by atoms with E-state index in [2.05, 4.69) is 12.6 Å². The fraction of sp³-hybridized carbons (Fsp3) is 0.111. The minimum atomic E-state index is -1.53. The van der Waals surface area contributed by atoms with Crippen LogP contribution in [0.1, 0.15) is 11.5 Å². The van der Waals surface area contributed by atoms with Crippen LogP contribution in [0.3, 0.4) is 0 Å². The molecule has 1 rings (SSSR count). The summed E-state index contributed by atoms with van der Waals surface area (Å²) in [5.74, 6) is -4.28. The molecule has 0 amide bonds. The second-order valence-corrected chi connectivity index (χ2v) is 3.22. The van der Waals surface area contributed by atoms with Crippen molar-refractivity contribution in [1.82, 2.24) is 0 Å². The molecule has 74 valence electrons. The molecule has 1 aromatic carbocycles. The van der Waals surface area contributed by atoms with Gasteiger partial charge in [0, 0.05) is 4.90 Å². The molecular formula is C9H8O4S. The van der Waals surface area contributed by atoms with Gasteiger partial charge in [0.05, 0.1) is 0 Å². The Labute approximate surface area is 85.6 Å². The predicted molar refractivity (Wildman–Crippen MR) is 51.7 cm³/mol. The van der Waals surface area contributed by atoms with Crippen LogP contribution in [0.25, 0.3) is 0 Å². The van der Waals surface area contributed by atoms with Crippen LogP contribution in [0.2, 0.25) is 0 Å². The molecule has 0 heterocycles. The van der Waals surface area contributed by atoms with Crippen LogP contribution < -0.4 is 0 Å². The van der Waals surface area contributed by atoms with Crippen LogP contribution in [0, 0.1) is 0 Å². The number of aliphatic carboxylic acids is 2. The van der Waals surface area contributed by atoms with Crippen LogP contribution in [0.15, 0.2) is 29.2 Å². The molecule has 0 bridgehead atoms. The average Bonchev–Trinajstić information content (AvgIpc) is 2.02. The minimum absolute atomic E-state index is 0.220. The van der Waals surface area contributed by atoms with Crippen molar-refractivity contribution >= 4 is 24.6 Å². The SMILES string of the molecule is O=C(O)C(C(=O)O)c1cccc(S)c1. The summed E-state index contributed by atoms with van der Waals surface area (Å²) in [6, 6.07) is 6.09. The Kier molecular flexibility index (Phi) is 3.14.